The van der Waals surface area contributed by atoms with Crippen LogP contribution in [0.25, 0.3) is 0 Å². The summed E-state index contributed by atoms with van der Waals surface area (Å²) in [6.45, 7) is 1.29. The van der Waals surface area contributed by atoms with Gasteiger partial charge in [-0.1, -0.05) is 6.07 Å². The van der Waals surface area contributed by atoms with Crippen molar-refractivity contribution in [2.75, 3.05) is 18.5 Å². The lowest BCUT2D eigenvalue weighted by atomic mass is 10.1. The van der Waals surface area contributed by atoms with Crippen molar-refractivity contribution in [3.05, 3.63) is 53.1 Å². The third kappa shape index (κ3) is 2.89. The number of carbonyl (C=O) groups excluding carboxylic acids is 1. The quantitative estimate of drug-likeness (QED) is 0.922. The summed E-state index contributed by atoms with van der Waals surface area (Å²) in [6.07, 6.45) is 4.24. The molecular formula is C19H19NO3. The fraction of sp³-hybridized carbons (Fsp3) is 0.316. The van der Waals surface area contributed by atoms with Crippen molar-refractivity contribution in [3.8, 4) is 11.5 Å². The van der Waals surface area contributed by atoms with E-state index in [1.54, 1.807) is 0 Å². The van der Waals surface area contributed by atoms with E-state index in [9.17, 15) is 4.79 Å². The van der Waals surface area contributed by atoms with E-state index >= 15 is 0 Å². The largest absolute Gasteiger partial charge is 0.490 e. The summed E-state index contributed by atoms with van der Waals surface area (Å²) in [5, 5.41) is 2.95. The SMILES string of the molecule is O=C(Nc1ccc2c(c1)OCCCO2)c1ccc2c(c1)CCC2. The van der Waals surface area contributed by atoms with E-state index in [-0.39, 0.29) is 5.91 Å². The molecule has 0 saturated heterocycles. The highest BCUT2D eigenvalue weighted by molar-refractivity contribution is 6.04. The Labute approximate surface area is 135 Å². The molecule has 1 aliphatic carbocycles. The van der Waals surface area contributed by atoms with Crippen LogP contribution >= 0.6 is 0 Å². The van der Waals surface area contributed by atoms with Crippen LogP contribution < -0.4 is 14.8 Å². The van der Waals surface area contributed by atoms with Crippen LogP contribution in [-0.4, -0.2) is 19.1 Å². The second kappa shape index (κ2) is 5.95. The fourth-order valence-electron chi connectivity index (χ4n) is 3.16. The van der Waals surface area contributed by atoms with E-state index in [0.29, 0.717) is 24.5 Å². The molecule has 0 bridgehead atoms. The van der Waals surface area contributed by atoms with Crippen LogP contribution in [0.4, 0.5) is 5.69 Å². The van der Waals surface area contributed by atoms with Crippen molar-refractivity contribution in [2.24, 2.45) is 0 Å². The molecular weight excluding hydrogens is 290 g/mol. The lowest BCUT2D eigenvalue weighted by Gasteiger charge is -2.11. The first-order valence-electron chi connectivity index (χ1n) is 8.12. The van der Waals surface area contributed by atoms with Gasteiger partial charge in [0.1, 0.15) is 0 Å². The molecule has 0 unspecified atom stereocenters. The summed E-state index contributed by atoms with van der Waals surface area (Å²) >= 11 is 0. The zero-order chi connectivity index (χ0) is 15.6. The van der Waals surface area contributed by atoms with Gasteiger partial charge in [-0.15, -0.1) is 0 Å². The van der Waals surface area contributed by atoms with Gasteiger partial charge in [-0.25, -0.2) is 0 Å². The highest BCUT2D eigenvalue weighted by atomic mass is 16.5. The van der Waals surface area contributed by atoms with Crippen molar-refractivity contribution < 1.29 is 14.3 Å². The summed E-state index contributed by atoms with van der Waals surface area (Å²) in [5.74, 6) is 1.33. The molecule has 0 saturated carbocycles. The maximum Gasteiger partial charge on any atom is 0.255 e. The van der Waals surface area contributed by atoms with Crippen LogP contribution in [-0.2, 0) is 12.8 Å². The monoisotopic (exact) mass is 309 g/mol. The molecule has 2 aromatic rings. The van der Waals surface area contributed by atoms with Gasteiger partial charge < -0.3 is 14.8 Å². The number of benzene rings is 2. The second-order valence-corrected chi connectivity index (χ2v) is 6.00. The lowest BCUT2D eigenvalue weighted by Crippen LogP contribution is -2.12. The Balaban J connectivity index is 1.53. The number of fused-ring (bicyclic) bond motifs is 2. The van der Waals surface area contributed by atoms with Crippen molar-refractivity contribution in [1.82, 2.24) is 0 Å². The summed E-state index contributed by atoms with van der Waals surface area (Å²) in [7, 11) is 0. The van der Waals surface area contributed by atoms with Crippen LogP contribution in [0.3, 0.4) is 0 Å². The molecule has 1 amide bonds. The van der Waals surface area contributed by atoms with Gasteiger partial charge in [0.05, 0.1) is 13.2 Å². The minimum Gasteiger partial charge on any atom is -0.490 e. The second-order valence-electron chi connectivity index (χ2n) is 6.00. The molecule has 0 aromatic heterocycles. The molecule has 4 heteroatoms. The molecule has 4 nitrogen and oxygen atoms in total. The molecule has 2 aliphatic rings. The summed E-state index contributed by atoms with van der Waals surface area (Å²) in [6, 6.07) is 11.5. The molecule has 0 atom stereocenters. The third-order valence-corrected chi connectivity index (χ3v) is 4.37. The van der Waals surface area contributed by atoms with Gasteiger partial charge in [0.15, 0.2) is 11.5 Å². The van der Waals surface area contributed by atoms with Gasteiger partial charge in [0.2, 0.25) is 0 Å². The first-order chi connectivity index (χ1) is 11.3. The van der Waals surface area contributed by atoms with E-state index in [1.165, 1.54) is 17.5 Å². The highest BCUT2D eigenvalue weighted by Crippen LogP contribution is 2.32. The predicted molar refractivity (Wildman–Crippen MR) is 88.5 cm³/mol. The maximum atomic E-state index is 12.5. The van der Waals surface area contributed by atoms with Crippen LogP contribution in [0.5, 0.6) is 11.5 Å². The number of hydrogen-bond acceptors (Lipinski definition) is 3. The zero-order valence-corrected chi connectivity index (χ0v) is 12.9. The predicted octanol–water partition coefficient (Wildman–Crippen LogP) is 3.59. The van der Waals surface area contributed by atoms with Crippen LogP contribution in [0, 0.1) is 0 Å². The van der Waals surface area contributed by atoms with Gasteiger partial charge >= 0.3 is 0 Å². The molecule has 23 heavy (non-hydrogen) atoms. The van der Waals surface area contributed by atoms with Gasteiger partial charge in [0, 0.05) is 23.7 Å². The van der Waals surface area contributed by atoms with Crippen molar-refractivity contribution in [2.45, 2.75) is 25.7 Å². The average Bonchev–Trinajstić information content (AvgIpc) is 2.91. The standard InChI is InChI=1S/C19H19NO3/c21-19(15-6-5-13-3-1-4-14(13)11-15)20-16-7-8-17-18(12-16)23-10-2-9-22-17/h5-8,11-12H,1-4,9-10H2,(H,20,21). The number of ether oxygens (including phenoxy) is 2. The number of carbonyl (C=O) groups is 1. The number of anilines is 1. The van der Waals surface area contributed by atoms with Gasteiger partial charge in [-0.2, -0.15) is 0 Å². The molecule has 1 N–H and O–H groups in total. The number of rotatable bonds is 2. The number of hydrogen-bond donors (Lipinski definition) is 1. The Kier molecular flexibility index (Phi) is 3.66. The van der Waals surface area contributed by atoms with E-state index < -0.39 is 0 Å². The normalized spacial score (nSPS) is 15.7. The van der Waals surface area contributed by atoms with E-state index in [2.05, 4.69) is 11.4 Å². The van der Waals surface area contributed by atoms with E-state index in [1.807, 2.05) is 30.3 Å². The average molecular weight is 309 g/mol. The van der Waals surface area contributed by atoms with Gasteiger partial charge in [0.25, 0.3) is 5.91 Å². The molecule has 1 heterocycles. The highest BCUT2D eigenvalue weighted by Gasteiger charge is 2.15. The maximum absolute atomic E-state index is 12.5. The third-order valence-electron chi connectivity index (χ3n) is 4.37. The minimum absolute atomic E-state index is 0.0887. The Bertz CT molecular complexity index is 754. The van der Waals surface area contributed by atoms with E-state index in [4.69, 9.17) is 9.47 Å². The number of aryl methyl sites for hydroxylation is 2. The molecule has 0 fully saturated rings. The molecule has 0 spiro atoms. The molecule has 1 aliphatic heterocycles. The van der Waals surface area contributed by atoms with Crippen LogP contribution in [0.2, 0.25) is 0 Å². The fourth-order valence-corrected chi connectivity index (χ4v) is 3.16. The van der Waals surface area contributed by atoms with Crippen LogP contribution in [0.1, 0.15) is 34.3 Å². The summed E-state index contributed by atoms with van der Waals surface area (Å²) in [5.41, 5.74) is 4.10. The topological polar surface area (TPSA) is 47.6 Å². The Morgan fingerprint density at radius 3 is 2.61 bits per heavy atom. The molecule has 118 valence electrons. The minimum atomic E-state index is -0.0887. The first-order valence-corrected chi connectivity index (χ1v) is 8.12. The first kappa shape index (κ1) is 14.1. The Hall–Kier alpha value is -2.49. The zero-order valence-electron chi connectivity index (χ0n) is 12.9. The Morgan fingerprint density at radius 2 is 1.70 bits per heavy atom. The summed E-state index contributed by atoms with van der Waals surface area (Å²) < 4.78 is 11.3. The Morgan fingerprint density at radius 1 is 0.870 bits per heavy atom. The van der Waals surface area contributed by atoms with Gasteiger partial charge in [-0.3, -0.25) is 4.79 Å². The molecule has 2 aromatic carbocycles. The van der Waals surface area contributed by atoms with E-state index in [0.717, 1.165) is 30.7 Å². The lowest BCUT2D eigenvalue weighted by molar-refractivity contribution is 0.102. The number of amides is 1. The van der Waals surface area contributed by atoms with Crippen molar-refractivity contribution in [3.63, 3.8) is 0 Å². The van der Waals surface area contributed by atoms with Crippen molar-refractivity contribution >= 4 is 11.6 Å². The van der Waals surface area contributed by atoms with Crippen LogP contribution in [0.15, 0.2) is 36.4 Å². The number of nitrogens with one attached hydrogen (secondary N) is 1. The summed E-state index contributed by atoms with van der Waals surface area (Å²) in [4.78, 5) is 12.5. The molecule has 0 radical (unpaired) electrons. The van der Waals surface area contributed by atoms with Crippen molar-refractivity contribution in [1.29, 1.82) is 0 Å². The molecule has 4 rings (SSSR count). The smallest absolute Gasteiger partial charge is 0.255 e. The van der Waals surface area contributed by atoms with Gasteiger partial charge in [-0.05, 0) is 54.7 Å².